The number of likely N-dealkylation sites (N-methyl/N-ethyl adjacent to an activating group) is 1. The van der Waals surface area contributed by atoms with Gasteiger partial charge in [-0.3, -0.25) is 9.59 Å². The molecule has 1 aliphatic heterocycles. The number of carbonyl (C=O) groups excluding carboxylic acids is 2. The van der Waals surface area contributed by atoms with Gasteiger partial charge in [0.25, 0.3) is 0 Å². The summed E-state index contributed by atoms with van der Waals surface area (Å²) in [5.74, 6) is 0.106. The lowest BCUT2D eigenvalue weighted by molar-refractivity contribution is -0.133. The van der Waals surface area contributed by atoms with Crippen molar-refractivity contribution >= 4 is 23.2 Å². The lowest BCUT2D eigenvalue weighted by Gasteiger charge is -2.43. The van der Waals surface area contributed by atoms with E-state index < -0.39 is 5.41 Å². The molecule has 5 nitrogen and oxygen atoms in total. The van der Waals surface area contributed by atoms with E-state index in [0.717, 1.165) is 54.9 Å². The smallest absolute Gasteiger partial charge is 0.234 e. The number of benzene rings is 2. The average Bonchev–Trinajstić information content (AvgIpc) is 3.33. The molecule has 2 fully saturated rings. The molecule has 1 saturated heterocycles. The van der Waals surface area contributed by atoms with E-state index in [1.165, 1.54) is 12.1 Å². The number of thiophene rings is 1. The van der Waals surface area contributed by atoms with Crippen LogP contribution < -0.4 is 5.32 Å². The molecule has 37 heavy (non-hydrogen) atoms. The predicted molar refractivity (Wildman–Crippen MR) is 145 cm³/mol. The van der Waals surface area contributed by atoms with Crippen molar-refractivity contribution in [1.29, 1.82) is 0 Å². The summed E-state index contributed by atoms with van der Waals surface area (Å²) in [6, 6.07) is 20.7. The molecule has 0 unspecified atom stereocenters. The van der Waals surface area contributed by atoms with Crippen molar-refractivity contribution in [3.05, 3.63) is 93.9 Å². The van der Waals surface area contributed by atoms with Gasteiger partial charge in [0.1, 0.15) is 5.82 Å². The van der Waals surface area contributed by atoms with Crippen LogP contribution in [0.15, 0.2) is 72.1 Å². The second kappa shape index (κ2) is 10.4. The van der Waals surface area contributed by atoms with Crippen LogP contribution in [0.2, 0.25) is 0 Å². The van der Waals surface area contributed by atoms with Crippen LogP contribution in [0, 0.1) is 11.7 Å². The van der Waals surface area contributed by atoms with Crippen LogP contribution in [-0.4, -0.2) is 48.3 Å². The summed E-state index contributed by atoms with van der Waals surface area (Å²) >= 11 is 1.65. The van der Waals surface area contributed by atoms with Gasteiger partial charge < -0.3 is 15.1 Å². The van der Waals surface area contributed by atoms with Crippen LogP contribution in [0.4, 0.5) is 4.39 Å². The van der Waals surface area contributed by atoms with Gasteiger partial charge >= 0.3 is 0 Å². The molecule has 1 aliphatic carbocycles. The van der Waals surface area contributed by atoms with Crippen molar-refractivity contribution in [2.24, 2.45) is 5.92 Å². The molecule has 2 aliphatic rings. The van der Waals surface area contributed by atoms with Crippen molar-refractivity contribution in [2.75, 3.05) is 26.7 Å². The highest BCUT2D eigenvalue weighted by molar-refractivity contribution is 7.10. The summed E-state index contributed by atoms with van der Waals surface area (Å²) in [7, 11) is 1.85. The Hall–Kier alpha value is -3.03. The maximum absolute atomic E-state index is 13.9. The van der Waals surface area contributed by atoms with Crippen LogP contribution in [0.25, 0.3) is 0 Å². The lowest BCUT2D eigenvalue weighted by Crippen LogP contribution is -2.53. The zero-order valence-corrected chi connectivity index (χ0v) is 22.3. The number of amides is 2. The summed E-state index contributed by atoms with van der Waals surface area (Å²) in [6.07, 6.45) is 2.52. The van der Waals surface area contributed by atoms with Crippen LogP contribution >= 0.6 is 11.3 Å². The number of piperidine rings is 1. The molecule has 0 radical (unpaired) electrons. The molecule has 2 aromatic carbocycles. The zero-order valence-electron chi connectivity index (χ0n) is 21.5. The molecule has 0 spiro atoms. The van der Waals surface area contributed by atoms with Gasteiger partial charge in [-0.05, 0) is 59.9 Å². The average molecular weight is 520 g/mol. The molecule has 0 bridgehead atoms. The first-order valence-corrected chi connectivity index (χ1v) is 13.8. The van der Waals surface area contributed by atoms with Gasteiger partial charge in [-0.15, -0.1) is 11.3 Å². The largest absolute Gasteiger partial charge is 0.347 e. The number of nitrogens with one attached hydrogen (secondary N) is 1. The van der Waals surface area contributed by atoms with Crippen LogP contribution in [-0.2, 0) is 27.1 Å². The fourth-order valence-electron chi connectivity index (χ4n) is 6.04. The number of nitrogens with zero attached hydrogens (tertiary/aromatic N) is 2. The van der Waals surface area contributed by atoms with Crippen LogP contribution in [0.1, 0.15) is 42.2 Å². The summed E-state index contributed by atoms with van der Waals surface area (Å²) in [5, 5.41) is 5.30. The summed E-state index contributed by atoms with van der Waals surface area (Å²) in [4.78, 5) is 31.3. The third kappa shape index (κ3) is 5.20. The quantitative estimate of drug-likeness (QED) is 0.459. The third-order valence-electron chi connectivity index (χ3n) is 8.06. The Morgan fingerprint density at radius 1 is 1.05 bits per heavy atom. The van der Waals surface area contributed by atoms with E-state index >= 15 is 0 Å². The van der Waals surface area contributed by atoms with Gasteiger partial charge in [-0.1, -0.05) is 48.5 Å². The van der Waals surface area contributed by atoms with Gasteiger partial charge in [0.05, 0.1) is 11.0 Å². The minimum absolute atomic E-state index is 0.00834. The predicted octanol–water partition coefficient (Wildman–Crippen LogP) is 4.93. The fourth-order valence-corrected chi connectivity index (χ4v) is 7.05. The van der Waals surface area contributed by atoms with E-state index in [4.69, 9.17) is 0 Å². The molecular weight excluding hydrogens is 485 g/mol. The number of carbonyl (C=O) groups is 2. The molecule has 194 valence electrons. The van der Waals surface area contributed by atoms with Gasteiger partial charge in [-0.2, -0.15) is 0 Å². The van der Waals surface area contributed by atoms with Crippen molar-refractivity contribution in [2.45, 2.75) is 43.7 Å². The van der Waals surface area contributed by atoms with Gasteiger partial charge in [0.15, 0.2) is 0 Å². The number of halogens is 1. The van der Waals surface area contributed by atoms with E-state index in [2.05, 4.69) is 28.4 Å². The second-order valence-electron chi connectivity index (χ2n) is 10.6. The summed E-state index contributed by atoms with van der Waals surface area (Å²) in [6.45, 7) is 4.64. The van der Waals surface area contributed by atoms with Crippen molar-refractivity contribution in [3.8, 4) is 0 Å². The SMILES string of the molecule is CC(=O)NC1(c2ccccc2)CCN(C[C@@H]2C[C@]2(C(=O)N(C)Cc2ccc(F)cc2)c2cccs2)CC1. The van der Waals surface area contributed by atoms with Crippen molar-refractivity contribution in [1.82, 2.24) is 15.1 Å². The molecule has 7 heteroatoms. The van der Waals surface area contributed by atoms with Gasteiger partial charge in [-0.25, -0.2) is 4.39 Å². The van der Waals surface area contributed by atoms with Gasteiger partial charge in [0.2, 0.25) is 11.8 Å². The topological polar surface area (TPSA) is 52.7 Å². The second-order valence-corrected chi connectivity index (χ2v) is 11.5. The molecular formula is C30H34FN3O2S. The van der Waals surface area contributed by atoms with E-state index in [0.29, 0.717) is 6.54 Å². The van der Waals surface area contributed by atoms with Crippen LogP contribution in [0.3, 0.4) is 0 Å². The molecule has 1 saturated carbocycles. The minimum Gasteiger partial charge on any atom is -0.347 e. The Morgan fingerprint density at radius 3 is 2.38 bits per heavy atom. The van der Waals surface area contributed by atoms with Crippen molar-refractivity contribution in [3.63, 3.8) is 0 Å². The Morgan fingerprint density at radius 2 is 1.76 bits per heavy atom. The summed E-state index contributed by atoms with van der Waals surface area (Å²) < 4.78 is 13.3. The molecule has 3 aromatic rings. The highest BCUT2D eigenvalue weighted by atomic mass is 32.1. The van der Waals surface area contributed by atoms with E-state index in [9.17, 15) is 14.0 Å². The Kier molecular flexibility index (Phi) is 7.19. The fraction of sp³-hybridized carbons (Fsp3) is 0.400. The van der Waals surface area contributed by atoms with Gasteiger partial charge in [0, 0.05) is 45.0 Å². The molecule has 2 heterocycles. The maximum atomic E-state index is 13.9. The van der Waals surface area contributed by atoms with E-state index in [1.54, 1.807) is 35.3 Å². The minimum atomic E-state index is -0.492. The normalized spacial score (nSPS) is 22.8. The number of hydrogen-bond donors (Lipinski definition) is 1. The monoisotopic (exact) mass is 519 g/mol. The third-order valence-corrected chi connectivity index (χ3v) is 9.10. The number of hydrogen-bond acceptors (Lipinski definition) is 4. The molecule has 2 amide bonds. The van der Waals surface area contributed by atoms with E-state index in [1.807, 2.05) is 36.7 Å². The molecule has 2 atom stereocenters. The highest BCUT2D eigenvalue weighted by Gasteiger charge is 2.62. The Labute approximate surface area is 222 Å². The Balaban J connectivity index is 1.28. The highest BCUT2D eigenvalue weighted by Crippen LogP contribution is 2.57. The lowest BCUT2D eigenvalue weighted by atomic mass is 9.80. The first kappa shape index (κ1) is 25.6. The zero-order chi connectivity index (χ0) is 26.0. The van der Waals surface area contributed by atoms with Crippen LogP contribution in [0.5, 0.6) is 0 Å². The van der Waals surface area contributed by atoms with E-state index in [-0.39, 0.29) is 29.1 Å². The molecule has 5 rings (SSSR count). The Bertz CT molecular complexity index is 1220. The molecule has 1 aromatic heterocycles. The number of likely N-dealkylation sites (tertiary alicyclic amines) is 1. The molecule has 1 N–H and O–H groups in total. The van der Waals surface area contributed by atoms with Crippen molar-refractivity contribution < 1.29 is 14.0 Å². The first-order chi connectivity index (χ1) is 17.8. The number of rotatable bonds is 8. The summed E-state index contributed by atoms with van der Waals surface area (Å²) in [5.41, 5.74) is 1.24. The first-order valence-electron chi connectivity index (χ1n) is 12.9. The standard InChI is InChI=1S/C30H34FN3O2S/c1-22(35)32-29(24-7-4-3-5-8-24)14-16-34(17-15-29)21-25-19-30(25,27-9-6-18-37-27)28(36)33(2)20-23-10-12-26(31)13-11-23/h3-13,18,25H,14-17,19-21H2,1-2H3,(H,32,35)/t25-,30+/m0/s1. The maximum Gasteiger partial charge on any atom is 0.234 e.